The van der Waals surface area contributed by atoms with Crippen LogP contribution in [0.15, 0.2) is 48.5 Å². The fourth-order valence-corrected chi connectivity index (χ4v) is 3.99. The maximum atomic E-state index is 13.5. The van der Waals surface area contributed by atoms with Crippen molar-refractivity contribution in [1.29, 1.82) is 0 Å². The Kier molecular flexibility index (Phi) is 5.81. The van der Waals surface area contributed by atoms with Gasteiger partial charge in [-0.15, -0.1) is 0 Å². The summed E-state index contributed by atoms with van der Waals surface area (Å²) < 4.78 is 13.5. The van der Waals surface area contributed by atoms with Crippen molar-refractivity contribution >= 4 is 22.5 Å². The van der Waals surface area contributed by atoms with Crippen LogP contribution in [-0.2, 0) is 4.79 Å². The highest BCUT2D eigenvalue weighted by Crippen LogP contribution is 2.29. The molecule has 1 fully saturated rings. The van der Waals surface area contributed by atoms with Gasteiger partial charge in [0.15, 0.2) is 0 Å². The van der Waals surface area contributed by atoms with Crippen LogP contribution in [-0.4, -0.2) is 43.6 Å². The summed E-state index contributed by atoms with van der Waals surface area (Å²) in [5, 5.41) is 7.03. The second-order valence-electron chi connectivity index (χ2n) is 7.60. The molecule has 0 radical (unpaired) electrons. The molecule has 29 heavy (non-hydrogen) atoms. The molecule has 0 unspecified atom stereocenters. The van der Waals surface area contributed by atoms with Crippen LogP contribution in [0.25, 0.3) is 22.2 Å². The van der Waals surface area contributed by atoms with Crippen LogP contribution in [0.5, 0.6) is 0 Å². The number of H-pyrrole nitrogens is 1. The number of carbonyl (C=O) groups is 1. The Morgan fingerprint density at radius 3 is 2.79 bits per heavy atom. The van der Waals surface area contributed by atoms with E-state index in [9.17, 15) is 9.18 Å². The second kappa shape index (κ2) is 8.66. The molecule has 3 aromatic rings. The quantitative estimate of drug-likeness (QED) is 0.598. The average Bonchev–Trinajstić information content (AvgIpc) is 3.17. The van der Waals surface area contributed by atoms with E-state index >= 15 is 0 Å². The molecule has 1 saturated heterocycles. The maximum absolute atomic E-state index is 13.5. The van der Waals surface area contributed by atoms with Crippen LogP contribution in [0.2, 0.25) is 0 Å². The molecule has 1 aromatic heterocycles. The van der Waals surface area contributed by atoms with Gasteiger partial charge in [-0.1, -0.05) is 12.1 Å². The van der Waals surface area contributed by atoms with Crippen molar-refractivity contribution in [2.45, 2.75) is 25.3 Å². The third-order valence-corrected chi connectivity index (χ3v) is 5.66. The van der Waals surface area contributed by atoms with Gasteiger partial charge in [0.2, 0.25) is 5.91 Å². The van der Waals surface area contributed by atoms with Crippen LogP contribution < -0.4 is 15.5 Å². The van der Waals surface area contributed by atoms with E-state index in [0.29, 0.717) is 12.5 Å². The van der Waals surface area contributed by atoms with E-state index in [0.717, 1.165) is 54.6 Å². The molecule has 3 N–H and O–H groups in total. The lowest BCUT2D eigenvalue weighted by Gasteiger charge is -2.34. The van der Waals surface area contributed by atoms with Gasteiger partial charge in [-0.25, -0.2) is 4.39 Å². The number of nitrogens with zero attached hydrogens (tertiary/aromatic N) is 1. The Morgan fingerprint density at radius 1 is 1.17 bits per heavy atom. The Bertz CT molecular complexity index is 991. The first kappa shape index (κ1) is 19.5. The zero-order valence-corrected chi connectivity index (χ0v) is 16.7. The number of hydrogen-bond donors (Lipinski definition) is 3. The van der Waals surface area contributed by atoms with E-state index < -0.39 is 0 Å². The first-order chi connectivity index (χ1) is 14.1. The minimum Gasteiger partial charge on any atom is -0.371 e. The molecule has 152 valence electrons. The first-order valence-electron chi connectivity index (χ1n) is 10.2. The topological polar surface area (TPSA) is 60.2 Å². The first-order valence-corrected chi connectivity index (χ1v) is 10.2. The normalized spacial score (nSPS) is 15.0. The van der Waals surface area contributed by atoms with Crippen LogP contribution in [0, 0.1) is 5.82 Å². The third-order valence-electron chi connectivity index (χ3n) is 5.66. The summed E-state index contributed by atoms with van der Waals surface area (Å²) in [4.78, 5) is 17.1. The molecule has 0 bridgehead atoms. The van der Waals surface area contributed by atoms with Crippen molar-refractivity contribution in [3.05, 3.63) is 54.3 Å². The SMILES string of the molecule is CNC(=O)CCNC1CCN(c2cccc(-c3cc4cc(F)ccc4[nH]3)c2)CC1. The van der Waals surface area contributed by atoms with E-state index in [1.165, 1.54) is 11.8 Å². The Labute approximate surface area is 170 Å². The number of carbonyl (C=O) groups excluding carboxylic acids is 1. The molecule has 4 rings (SSSR count). The number of aromatic nitrogens is 1. The summed E-state index contributed by atoms with van der Waals surface area (Å²) in [5.74, 6) is -0.143. The van der Waals surface area contributed by atoms with Crippen molar-refractivity contribution in [2.75, 3.05) is 31.6 Å². The average molecular weight is 394 g/mol. The molecule has 0 spiro atoms. The molecule has 2 heterocycles. The number of aromatic amines is 1. The molecule has 5 nitrogen and oxygen atoms in total. The van der Waals surface area contributed by atoms with Crippen LogP contribution in [0.1, 0.15) is 19.3 Å². The zero-order chi connectivity index (χ0) is 20.2. The van der Waals surface area contributed by atoms with E-state index in [1.54, 1.807) is 19.2 Å². The number of benzene rings is 2. The molecule has 6 heteroatoms. The number of hydrogen-bond acceptors (Lipinski definition) is 3. The molecule has 2 aromatic carbocycles. The van der Waals surface area contributed by atoms with Crippen molar-refractivity contribution in [3.63, 3.8) is 0 Å². The zero-order valence-electron chi connectivity index (χ0n) is 16.7. The highest BCUT2D eigenvalue weighted by atomic mass is 19.1. The van der Waals surface area contributed by atoms with E-state index in [1.807, 2.05) is 6.07 Å². The Hall–Kier alpha value is -2.86. The molecule has 1 aliphatic heterocycles. The van der Waals surface area contributed by atoms with E-state index in [4.69, 9.17) is 0 Å². The number of anilines is 1. The molecular formula is C23H27FN4O. The fourth-order valence-electron chi connectivity index (χ4n) is 3.99. The minimum absolute atomic E-state index is 0.0754. The van der Waals surface area contributed by atoms with Gasteiger partial charge in [0, 0.05) is 61.4 Å². The molecule has 0 saturated carbocycles. The van der Waals surface area contributed by atoms with Crippen molar-refractivity contribution in [1.82, 2.24) is 15.6 Å². The van der Waals surface area contributed by atoms with Gasteiger partial charge in [-0.05, 0) is 54.8 Å². The lowest BCUT2D eigenvalue weighted by Crippen LogP contribution is -2.43. The number of rotatable bonds is 6. The van der Waals surface area contributed by atoms with Gasteiger partial charge in [-0.2, -0.15) is 0 Å². The third kappa shape index (κ3) is 4.59. The van der Waals surface area contributed by atoms with Crippen molar-refractivity contribution < 1.29 is 9.18 Å². The summed E-state index contributed by atoms with van der Waals surface area (Å²) >= 11 is 0. The van der Waals surface area contributed by atoms with E-state index in [2.05, 4.69) is 44.8 Å². The van der Waals surface area contributed by atoms with Crippen LogP contribution in [0.4, 0.5) is 10.1 Å². The van der Waals surface area contributed by atoms with E-state index in [-0.39, 0.29) is 11.7 Å². The maximum Gasteiger partial charge on any atom is 0.221 e. The number of piperidine rings is 1. The summed E-state index contributed by atoms with van der Waals surface area (Å²) in [6.45, 7) is 2.69. The molecular weight excluding hydrogens is 367 g/mol. The second-order valence-corrected chi connectivity index (χ2v) is 7.60. The predicted octanol–water partition coefficient (Wildman–Crippen LogP) is 3.67. The predicted molar refractivity (Wildman–Crippen MR) is 116 cm³/mol. The number of fused-ring (bicyclic) bond motifs is 1. The summed E-state index contributed by atoms with van der Waals surface area (Å²) in [7, 11) is 1.67. The highest BCUT2D eigenvalue weighted by molar-refractivity contribution is 5.86. The van der Waals surface area contributed by atoms with Gasteiger partial charge in [0.05, 0.1) is 0 Å². The number of nitrogens with one attached hydrogen (secondary N) is 3. The van der Waals surface area contributed by atoms with Crippen LogP contribution >= 0.6 is 0 Å². The molecule has 1 aliphatic rings. The van der Waals surface area contributed by atoms with Gasteiger partial charge in [0.25, 0.3) is 0 Å². The van der Waals surface area contributed by atoms with Gasteiger partial charge in [-0.3, -0.25) is 4.79 Å². The summed E-state index contributed by atoms with van der Waals surface area (Å²) in [6.07, 6.45) is 2.64. The largest absolute Gasteiger partial charge is 0.371 e. The lowest BCUT2D eigenvalue weighted by molar-refractivity contribution is -0.120. The van der Waals surface area contributed by atoms with Crippen LogP contribution in [0.3, 0.4) is 0 Å². The molecule has 1 amide bonds. The summed E-state index contributed by atoms with van der Waals surface area (Å²) in [5.41, 5.74) is 4.25. The lowest BCUT2D eigenvalue weighted by atomic mass is 10.0. The minimum atomic E-state index is -0.219. The Morgan fingerprint density at radius 2 is 2.00 bits per heavy atom. The highest BCUT2D eigenvalue weighted by Gasteiger charge is 2.19. The Balaban J connectivity index is 1.39. The smallest absolute Gasteiger partial charge is 0.221 e. The van der Waals surface area contributed by atoms with Gasteiger partial charge < -0.3 is 20.5 Å². The molecule has 0 atom stereocenters. The van der Waals surface area contributed by atoms with Crippen molar-refractivity contribution in [2.24, 2.45) is 0 Å². The van der Waals surface area contributed by atoms with Gasteiger partial charge in [0.1, 0.15) is 5.82 Å². The monoisotopic (exact) mass is 394 g/mol. The molecule has 0 aliphatic carbocycles. The summed E-state index contributed by atoms with van der Waals surface area (Å²) in [6, 6.07) is 15.8. The number of halogens is 1. The van der Waals surface area contributed by atoms with Crippen molar-refractivity contribution in [3.8, 4) is 11.3 Å². The number of amides is 1. The fraction of sp³-hybridized carbons (Fsp3) is 0.348. The van der Waals surface area contributed by atoms with Gasteiger partial charge >= 0.3 is 0 Å². The standard InChI is InChI=1S/C23H27FN4O/c1-25-23(29)7-10-26-19-8-11-28(12-9-19)20-4-2-3-16(14-20)22-15-17-13-18(24)5-6-21(17)27-22/h2-6,13-15,19,26-27H,7-12H2,1H3,(H,25,29).